The average molecular weight is 386 g/mol. The van der Waals surface area contributed by atoms with Crippen LogP contribution >= 0.6 is 22.9 Å². The molecule has 0 radical (unpaired) electrons. The Hall–Kier alpha value is -2.11. The zero-order valence-corrected chi connectivity index (χ0v) is 16.2. The van der Waals surface area contributed by atoms with Crippen molar-refractivity contribution < 1.29 is 4.79 Å². The quantitative estimate of drug-likeness (QED) is 0.667. The molecule has 0 atom stereocenters. The first kappa shape index (κ1) is 17.3. The number of rotatable bonds is 3. The summed E-state index contributed by atoms with van der Waals surface area (Å²) in [6, 6.07) is 13.6. The Labute approximate surface area is 162 Å². The van der Waals surface area contributed by atoms with E-state index in [0.29, 0.717) is 23.7 Å². The summed E-state index contributed by atoms with van der Waals surface area (Å²) in [6.45, 7) is 5.15. The molecule has 4 nitrogen and oxygen atoms in total. The van der Waals surface area contributed by atoms with Gasteiger partial charge in [0.15, 0.2) is 5.13 Å². The molecule has 134 valence electrons. The lowest BCUT2D eigenvalue weighted by Crippen LogP contribution is -2.48. The van der Waals surface area contributed by atoms with Gasteiger partial charge in [-0.05, 0) is 42.3 Å². The van der Waals surface area contributed by atoms with Crippen molar-refractivity contribution in [2.45, 2.75) is 13.3 Å². The molecule has 1 saturated heterocycles. The predicted molar refractivity (Wildman–Crippen MR) is 109 cm³/mol. The summed E-state index contributed by atoms with van der Waals surface area (Å²) in [7, 11) is 0. The molecule has 0 saturated carbocycles. The van der Waals surface area contributed by atoms with Crippen LogP contribution in [-0.4, -0.2) is 42.0 Å². The number of fused-ring (bicyclic) bond motifs is 1. The van der Waals surface area contributed by atoms with Crippen molar-refractivity contribution in [1.82, 2.24) is 9.88 Å². The third kappa shape index (κ3) is 3.41. The highest BCUT2D eigenvalue weighted by Crippen LogP contribution is 2.30. The van der Waals surface area contributed by atoms with Crippen molar-refractivity contribution in [2.75, 3.05) is 31.1 Å². The second-order valence-electron chi connectivity index (χ2n) is 6.44. The van der Waals surface area contributed by atoms with Gasteiger partial charge in [-0.3, -0.25) is 4.79 Å². The van der Waals surface area contributed by atoms with E-state index in [1.807, 2.05) is 17.0 Å². The topological polar surface area (TPSA) is 36.4 Å². The van der Waals surface area contributed by atoms with E-state index in [1.165, 1.54) is 10.3 Å². The number of aryl methyl sites for hydroxylation is 1. The maximum atomic E-state index is 12.6. The van der Waals surface area contributed by atoms with Gasteiger partial charge in [-0.1, -0.05) is 42.0 Å². The molecule has 1 fully saturated rings. The van der Waals surface area contributed by atoms with E-state index in [2.05, 4.69) is 30.0 Å². The number of thiazole rings is 1. The molecule has 0 bridgehead atoms. The molecule has 2 aromatic carbocycles. The highest BCUT2D eigenvalue weighted by atomic mass is 35.5. The van der Waals surface area contributed by atoms with E-state index < -0.39 is 0 Å². The van der Waals surface area contributed by atoms with Crippen LogP contribution in [0, 0.1) is 0 Å². The predicted octanol–water partition coefficient (Wildman–Crippen LogP) is 4.47. The van der Waals surface area contributed by atoms with Crippen LogP contribution < -0.4 is 4.90 Å². The molecule has 1 aliphatic heterocycles. The van der Waals surface area contributed by atoms with E-state index in [4.69, 9.17) is 16.6 Å². The first-order valence-corrected chi connectivity index (χ1v) is 10.0. The van der Waals surface area contributed by atoms with Gasteiger partial charge in [0.1, 0.15) is 0 Å². The average Bonchev–Trinajstić information content (AvgIpc) is 3.10. The lowest BCUT2D eigenvalue weighted by atomic mass is 10.2. The maximum absolute atomic E-state index is 12.6. The summed E-state index contributed by atoms with van der Waals surface area (Å²) >= 11 is 7.74. The van der Waals surface area contributed by atoms with Crippen LogP contribution in [-0.2, 0) is 6.42 Å². The minimum atomic E-state index is 0.0454. The molecule has 6 heteroatoms. The van der Waals surface area contributed by atoms with Crippen LogP contribution in [0.5, 0.6) is 0 Å². The molecule has 4 rings (SSSR count). The Morgan fingerprint density at radius 2 is 1.96 bits per heavy atom. The zero-order valence-electron chi connectivity index (χ0n) is 14.6. The lowest BCUT2D eigenvalue weighted by Gasteiger charge is -2.34. The van der Waals surface area contributed by atoms with Gasteiger partial charge in [0, 0.05) is 36.8 Å². The van der Waals surface area contributed by atoms with Gasteiger partial charge >= 0.3 is 0 Å². The second-order valence-corrected chi connectivity index (χ2v) is 7.89. The van der Waals surface area contributed by atoms with Crippen molar-refractivity contribution in [1.29, 1.82) is 0 Å². The number of piperazine rings is 1. The summed E-state index contributed by atoms with van der Waals surface area (Å²) in [5, 5.41) is 1.64. The van der Waals surface area contributed by atoms with E-state index >= 15 is 0 Å². The van der Waals surface area contributed by atoms with E-state index in [-0.39, 0.29) is 5.91 Å². The minimum absolute atomic E-state index is 0.0454. The normalized spacial score (nSPS) is 14.8. The summed E-state index contributed by atoms with van der Waals surface area (Å²) in [5.74, 6) is 0.0454. The van der Waals surface area contributed by atoms with Crippen molar-refractivity contribution >= 4 is 44.2 Å². The van der Waals surface area contributed by atoms with Crippen molar-refractivity contribution in [3.8, 4) is 0 Å². The monoisotopic (exact) mass is 385 g/mol. The summed E-state index contributed by atoms with van der Waals surface area (Å²) < 4.78 is 1.23. The SMILES string of the molecule is CCc1ccc2nc(N3CCN(C(=O)c4cccc(Cl)c4)CC3)sc2c1. The summed E-state index contributed by atoms with van der Waals surface area (Å²) in [4.78, 5) is 21.6. The number of nitrogens with zero attached hydrogens (tertiary/aromatic N) is 3. The fraction of sp³-hybridized carbons (Fsp3) is 0.300. The van der Waals surface area contributed by atoms with Crippen LogP contribution in [0.25, 0.3) is 10.2 Å². The van der Waals surface area contributed by atoms with Gasteiger partial charge in [-0.2, -0.15) is 0 Å². The van der Waals surface area contributed by atoms with Crippen molar-refractivity contribution in [3.05, 3.63) is 58.6 Å². The van der Waals surface area contributed by atoms with Gasteiger partial charge in [-0.25, -0.2) is 4.98 Å². The van der Waals surface area contributed by atoms with Gasteiger partial charge in [-0.15, -0.1) is 0 Å². The Morgan fingerprint density at radius 1 is 1.15 bits per heavy atom. The number of benzene rings is 2. The smallest absolute Gasteiger partial charge is 0.254 e. The Kier molecular flexibility index (Phi) is 4.83. The van der Waals surface area contributed by atoms with Crippen LogP contribution in [0.15, 0.2) is 42.5 Å². The molecule has 3 aromatic rings. The van der Waals surface area contributed by atoms with Crippen LogP contribution in [0.1, 0.15) is 22.8 Å². The number of carbonyl (C=O) groups excluding carboxylic acids is 1. The Bertz CT molecular complexity index is 947. The number of hydrogen-bond donors (Lipinski definition) is 0. The number of amides is 1. The zero-order chi connectivity index (χ0) is 18.1. The number of halogens is 1. The molecular formula is C20H20ClN3OS. The first-order chi connectivity index (χ1) is 12.6. The highest BCUT2D eigenvalue weighted by Gasteiger charge is 2.24. The van der Waals surface area contributed by atoms with Gasteiger partial charge in [0.2, 0.25) is 0 Å². The number of aromatic nitrogens is 1. The van der Waals surface area contributed by atoms with Crippen molar-refractivity contribution in [2.24, 2.45) is 0 Å². The fourth-order valence-corrected chi connectivity index (χ4v) is 4.49. The molecule has 0 aliphatic carbocycles. The first-order valence-electron chi connectivity index (χ1n) is 8.83. The molecular weight excluding hydrogens is 366 g/mol. The fourth-order valence-electron chi connectivity index (χ4n) is 3.22. The van der Waals surface area contributed by atoms with Crippen LogP contribution in [0.4, 0.5) is 5.13 Å². The van der Waals surface area contributed by atoms with Crippen molar-refractivity contribution in [3.63, 3.8) is 0 Å². The third-order valence-corrected chi connectivity index (χ3v) is 6.07. The summed E-state index contributed by atoms with van der Waals surface area (Å²) in [6.07, 6.45) is 1.04. The van der Waals surface area contributed by atoms with Gasteiger partial charge < -0.3 is 9.80 Å². The molecule has 0 N–H and O–H groups in total. The van der Waals surface area contributed by atoms with Crippen LogP contribution in [0.2, 0.25) is 5.02 Å². The maximum Gasteiger partial charge on any atom is 0.254 e. The number of hydrogen-bond acceptors (Lipinski definition) is 4. The van der Waals surface area contributed by atoms with Crippen LogP contribution in [0.3, 0.4) is 0 Å². The lowest BCUT2D eigenvalue weighted by molar-refractivity contribution is 0.0747. The largest absolute Gasteiger partial charge is 0.345 e. The summed E-state index contributed by atoms with van der Waals surface area (Å²) in [5.41, 5.74) is 3.04. The van der Waals surface area contributed by atoms with E-state index in [1.54, 1.807) is 23.5 Å². The standard InChI is InChI=1S/C20H20ClN3OS/c1-2-14-6-7-17-18(12-14)26-20(22-17)24-10-8-23(9-11-24)19(25)15-4-3-5-16(21)13-15/h3-7,12-13H,2,8-11H2,1H3. The van der Waals surface area contributed by atoms with Gasteiger partial charge in [0.25, 0.3) is 5.91 Å². The molecule has 0 unspecified atom stereocenters. The second kappa shape index (κ2) is 7.25. The Morgan fingerprint density at radius 3 is 2.69 bits per heavy atom. The Balaban J connectivity index is 1.45. The molecule has 26 heavy (non-hydrogen) atoms. The minimum Gasteiger partial charge on any atom is -0.345 e. The van der Waals surface area contributed by atoms with Gasteiger partial charge in [0.05, 0.1) is 10.2 Å². The molecule has 1 amide bonds. The molecule has 1 aliphatic rings. The molecule has 1 aromatic heterocycles. The number of carbonyl (C=O) groups is 1. The third-order valence-electron chi connectivity index (χ3n) is 4.76. The molecule has 2 heterocycles. The van der Waals surface area contributed by atoms with E-state index in [0.717, 1.165) is 30.2 Å². The molecule has 0 spiro atoms. The number of anilines is 1. The van der Waals surface area contributed by atoms with E-state index in [9.17, 15) is 4.79 Å². The highest BCUT2D eigenvalue weighted by molar-refractivity contribution is 7.22.